The lowest BCUT2D eigenvalue weighted by Gasteiger charge is -2.19. The average Bonchev–Trinajstić information content (AvgIpc) is 2.92. The number of hydrogen-bond acceptors (Lipinski definition) is 3. The highest BCUT2D eigenvalue weighted by molar-refractivity contribution is 5.76. The molecule has 0 aromatic heterocycles. The molecule has 2 unspecified atom stereocenters. The molecule has 1 amide bonds. The van der Waals surface area contributed by atoms with Gasteiger partial charge in [-0.3, -0.25) is 4.79 Å². The minimum atomic E-state index is -4.69. The molecule has 1 aliphatic carbocycles. The van der Waals surface area contributed by atoms with Crippen LogP contribution in [0.5, 0.6) is 5.75 Å². The van der Waals surface area contributed by atoms with Gasteiger partial charge in [-0.1, -0.05) is 18.6 Å². The molecule has 0 aliphatic heterocycles. The summed E-state index contributed by atoms with van der Waals surface area (Å²) in [6, 6.07) is 5.72. The van der Waals surface area contributed by atoms with E-state index in [2.05, 4.69) is 10.1 Å². The van der Waals surface area contributed by atoms with Gasteiger partial charge in [-0.15, -0.1) is 13.2 Å². The molecule has 2 atom stereocenters. The SMILES string of the molecule is NCC1CCCC1NC(=O)CCc1ccc(OC(F)(F)F)cc1. The van der Waals surface area contributed by atoms with E-state index in [1.54, 1.807) is 0 Å². The standard InChI is InChI=1S/C16H21F3N2O2/c17-16(18,19)23-13-7-4-11(5-8-13)6-9-15(22)21-14-3-1-2-12(14)10-20/h4-5,7-8,12,14H,1-3,6,9-10,20H2,(H,21,22). The van der Waals surface area contributed by atoms with E-state index < -0.39 is 6.36 Å². The van der Waals surface area contributed by atoms with Gasteiger partial charge in [-0.05, 0) is 49.4 Å². The van der Waals surface area contributed by atoms with Gasteiger partial charge in [0.25, 0.3) is 0 Å². The van der Waals surface area contributed by atoms with Crippen LogP contribution in [0.3, 0.4) is 0 Å². The van der Waals surface area contributed by atoms with Crippen LogP contribution in [-0.4, -0.2) is 24.9 Å². The summed E-state index contributed by atoms with van der Waals surface area (Å²) >= 11 is 0. The number of ether oxygens (including phenoxy) is 1. The van der Waals surface area contributed by atoms with Gasteiger partial charge in [0.05, 0.1) is 0 Å². The van der Waals surface area contributed by atoms with Gasteiger partial charge in [0.15, 0.2) is 0 Å². The molecule has 3 N–H and O–H groups in total. The number of nitrogens with one attached hydrogen (secondary N) is 1. The lowest BCUT2D eigenvalue weighted by Crippen LogP contribution is -2.39. The summed E-state index contributed by atoms with van der Waals surface area (Å²) in [6.07, 6.45) is -0.847. The van der Waals surface area contributed by atoms with Crippen molar-refractivity contribution in [2.75, 3.05) is 6.54 Å². The molecule has 1 aromatic carbocycles. The van der Waals surface area contributed by atoms with Crippen LogP contribution in [-0.2, 0) is 11.2 Å². The van der Waals surface area contributed by atoms with Crippen LogP contribution in [0.15, 0.2) is 24.3 Å². The van der Waals surface area contributed by atoms with Gasteiger partial charge in [-0.2, -0.15) is 0 Å². The Morgan fingerprint density at radius 2 is 1.96 bits per heavy atom. The first kappa shape index (κ1) is 17.6. The number of benzene rings is 1. The molecular formula is C16H21F3N2O2. The van der Waals surface area contributed by atoms with Crippen molar-refractivity contribution in [3.8, 4) is 5.75 Å². The summed E-state index contributed by atoms with van der Waals surface area (Å²) in [5.74, 6) is 0.0335. The summed E-state index contributed by atoms with van der Waals surface area (Å²) in [6.45, 7) is 0.575. The molecular weight excluding hydrogens is 309 g/mol. The van der Waals surface area contributed by atoms with E-state index in [0.717, 1.165) is 24.8 Å². The Hall–Kier alpha value is -1.76. The number of alkyl halides is 3. The molecule has 0 saturated heterocycles. The molecule has 4 nitrogen and oxygen atoms in total. The van der Waals surface area contributed by atoms with Crippen LogP contribution in [0.25, 0.3) is 0 Å². The highest BCUT2D eigenvalue weighted by atomic mass is 19.4. The highest BCUT2D eigenvalue weighted by Crippen LogP contribution is 2.25. The quantitative estimate of drug-likeness (QED) is 0.843. The first-order chi connectivity index (χ1) is 10.9. The van der Waals surface area contributed by atoms with Crippen molar-refractivity contribution >= 4 is 5.91 Å². The molecule has 0 heterocycles. The third-order valence-electron chi connectivity index (χ3n) is 4.11. The first-order valence-corrected chi connectivity index (χ1v) is 7.71. The van der Waals surface area contributed by atoms with Crippen molar-refractivity contribution in [2.24, 2.45) is 11.7 Å². The predicted octanol–water partition coefficient (Wildman–Crippen LogP) is 2.76. The zero-order valence-corrected chi connectivity index (χ0v) is 12.7. The lowest BCUT2D eigenvalue weighted by molar-refractivity contribution is -0.274. The zero-order valence-electron chi connectivity index (χ0n) is 12.7. The van der Waals surface area contributed by atoms with Gasteiger partial charge in [0.1, 0.15) is 5.75 Å². The topological polar surface area (TPSA) is 64.3 Å². The second kappa shape index (κ2) is 7.68. The molecule has 1 aliphatic rings. The Morgan fingerprint density at radius 1 is 1.26 bits per heavy atom. The second-order valence-electron chi connectivity index (χ2n) is 5.79. The fourth-order valence-corrected chi connectivity index (χ4v) is 2.90. The Morgan fingerprint density at radius 3 is 2.57 bits per heavy atom. The van der Waals surface area contributed by atoms with E-state index in [9.17, 15) is 18.0 Å². The van der Waals surface area contributed by atoms with Gasteiger partial charge in [0, 0.05) is 12.5 Å². The van der Waals surface area contributed by atoms with Crippen LogP contribution in [0.2, 0.25) is 0 Å². The highest BCUT2D eigenvalue weighted by Gasteiger charge is 2.31. The molecule has 1 aromatic rings. The first-order valence-electron chi connectivity index (χ1n) is 7.71. The third kappa shape index (κ3) is 5.74. The Balaban J connectivity index is 1.78. The summed E-state index contributed by atoms with van der Waals surface area (Å²) in [5, 5.41) is 3.00. The Bertz CT molecular complexity index is 517. The average molecular weight is 330 g/mol. The van der Waals surface area contributed by atoms with Gasteiger partial charge < -0.3 is 15.8 Å². The molecule has 23 heavy (non-hydrogen) atoms. The number of carbonyl (C=O) groups excluding carboxylic acids is 1. The van der Waals surface area contributed by atoms with Crippen molar-refractivity contribution in [3.05, 3.63) is 29.8 Å². The van der Waals surface area contributed by atoms with Gasteiger partial charge in [0.2, 0.25) is 5.91 Å². The maximum Gasteiger partial charge on any atom is 0.573 e. The molecule has 0 spiro atoms. The predicted molar refractivity (Wildman–Crippen MR) is 79.8 cm³/mol. The van der Waals surface area contributed by atoms with Crippen molar-refractivity contribution < 1.29 is 22.7 Å². The van der Waals surface area contributed by atoms with Crippen molar-refractivity contribution in [3.63, 3.8) is 0 Å². The minimum absolute atomic E-state index is 0.0500. The number of rotatable bonds is 6. The maximum atomic E-state index is 12.1. The number of hydrogen-bond donors (Lipinski definition) is 2. The third-order valence-corrected chi connectivity index (χ3v) is 4.11. The number of amides is 1. The van der Waals surface area contributed by atoms with E-state index in [4.69, 9.17) is 5.73 Å². The van der Waals surface area contributed by atoms with Crippen molar-refractivity contribution in [1.82, 2.24) is 5.32 Å². The molecule has 1 fully saturated rings. The van der Waals surface area contributed by atoms with E-state index >= 15 is 0 Å². The van der Waals surface area contributed by atoms with Crippen LogP contribution in [0.4, 0.5) is 13.2 Å². The van der Waals surface area contributed by atoms with E-state index in [-0.39, 0.29) is 17.7 Å². The second-order valence-corrected chi connectivity index (χ2v) is 5.79. The van der Waals surface area contributed by atoms with Gasteiger partial charge >= 0.3 is 6.36 Å². The molecule has 1 saturated carbocycles. The summed E-state index contributed by atoms with van der Waals surface area (Å²) in [4.78, 5) is 12.0. The lowest BCUT2D eigenvalue weighted by atomic mass is 10.0. The molecule has 7 heteroatoms. The largest absolute Gasteiger partial charge is 0.573 e. The monoisotopic (exact) mass is 330 g/mol. The molecule has 0 bridgehead atoms. The summed E-state index contributed by atoms with van der Waals surface area (Å²) in [5.41, 5.74) is 6.47. The van der Waals surface area contributed by atoms with Crippen LogP contribution in [0.1, 0.15) is 31.2 Å². The van der Waals surface area contributed by atoms with E-state index in [0.29, 0.717) is 25.3 Å². The Labute approximate surface area is 133 Å². The molecule has 128 valence electrons. The van der Waals surface area contributed by atoms with Gasteiger partial charge in [-0.25, -0.2) is 0 Å². The van der Waals surface area contributed by atoms with E-state index in [1.165, 1.54) is 24.3 Å². The molecule has 2 rings (SSSR count). The fourth-order valence-electron chi connectivity index (χ4n) is 2.90. The number of nitrogens with two attached hydrogens (primary N) is 1. The van der Waals surface area contributed by atoms with Crippen LogP contribution >= 0.6 is 0 Å². The zero-order chi connectivity index (χ0) is 16.9. The van der Waals surface area contributed by atoms with Crippen LogP contribution < -0.4 is 15.8 Å². The van der Waals surface area contributed by atoms with Crippen LogP contribution in [0, 0.1) is 5.92 Å². The fraction of sp³-hybridized carbons (Fsp3) is 0.562. The minimum Gasteiger partial charge on any atom is -0.406 e. The van der Waals surface area contributed by atoms with Crippen molar-refractivity contribution in [2.45, 2.75) is 44.5 Å². The number of halogens is 3. The smallest absolute Gasteiger partial charge is 0.406 e. The number of carbonyl (C=O) groups is 1. The van der Waals surface area contributed by atoms with Crippen molar-refractivity contribution in [1.29, 1.82) is 0 Å². The summed E-state index contributed by atoms with van der Waals surface area (Å²) < 4.78 is 40.0. The van der Waals surface area contributed by atoms with E-state index in [1.807, 2.05) is 0 Å². The molecule has 0 radical (unpaired) electrons. The Kier molecular flexibility index (Phi) is 5.87. The normalized spacial score (nSPS) is 21.2. The summed E-state index contributed by atoms with van der Waals surface area (Å²) in [7, 11) is 0. The number of aryl methyl sites for hydroxylation is 1. The maximum absolute atomic E-state index is 12.1.